The molecule has 1 aromatic carbocycles. The van der Waals surface area contributed by atoms with Gasteiger partial charge >= 0.3 is 0 Å². The number of nitrogens with zero attached hydrogens (tertiary/aromatic N) is 5. The standard InChI is InChI=1S/C23H37N7/c1-4-5-13-24-23(26-17-22-28-27-19(2)29(22)3)25-16-20-9-11-21(12-10-20)18-30-14-7-6-8-15-30/h9-12H,4-8,13-18H2,1-3H3,(H2,24,25,26). The Balaban J connectivity index is 1.55. The summed E-state index contributed by atoms with van der Waals surface area (Å²) < 4.78 is 2.00. The molecular weight excluding hydrogens is 374 g/mol. The molecule has 30 heavy (non-hydrogen) atoms. The number of aliphatic imine (C=N–C) groups is 1. The van der Waals surface area contributed by atoms with E-state index in [9.17, 15) is 0 Å². The fraction of sp³-hybridized carbons (Fsp3) is 0.609. The number of rotatable bonds is 9. The number of piperidine rings is 1. The summed E-state index contributed by atoms with van der Waals surface area (Å²) in [6.45, 7) is 9.85. The molecule has 1 aromatic heterocycles. The zero-order chi connectivity index (χ0) is 21.2. The third kappa shape index (κ3) is 6.83. The van der Waals surface area contributed by atoms with Crippen molar-refractivity contribution in [1.82, 2.24) is 30.3 Å². The van der Waals surface area contributed by atoms with E-state index in [2.05, 4.69) is 56.9 Å². The summed E-state index contributed by atoms with van der Waals surface area (Å²) in [6.07, 6.45) is 6.33. The van der Waals surface area contributed by atoms with Crippen LogP contribution >= 0.6 is 0 Å². The van der Waals surface area contributed by atoms with Crippen LogP contribution in [0.3, 0.4) is 0 Å². The maximum Gasteiger partial charge on any atom is 0.191 e. The van der Waals surface area contributed by atoms with Crippen molar-refractivity contribution in [3.05, 3.63) is 47.0 Å². The lowest BCUT2D eigenvalue weighted by Crippen LogP contribution is -2.38. The topological polar surface area (TPSA) is 70.4 Å². The van der Waals surface area contributed by atoms with Crippen LogP contribution in [0.1, 0.15) is 61.8 Å². The van der Waals surface area contributed by atoms with Crippen LogP contribution in [0, 0.1) is 6.92 Å². The maximum absolute atomic E-state index is 4.79. The second-order valence-corrected chi connectivity index (χ2v) is 8.17. The Morgan fingerprint density at radius 3 is 2.43 bits per heavy atom. The van der Waals surface area contributed by atoms with Crippen molar-refractivity contribution in [2.24, 2.45) is 12.0 Å². The van der Waals surface area contributed by atoms with Crippen molar-refractivity contribution >= 4 is 5.96 Å². The van der Waals surface area contributed by atoms with Gasteiger partial charge in [0.1, 0.15) is 5.82 Å². The van der Waals surface area contributed by atoms with Gasteiger partial charge in [0.05, 0.1) is 13.1 Å². The number of aryl methyl sites for hydroxylation is 1. The summed E-state index contributed by atoms with van der Waals surface area (Å²) in [5.41, 5.74) is 2.62. The fourth-order valence-corrected chi connectivity index (χ4v) is 3.62. The molecule has 0 saturated carbocycles. The predicted octanol–water partition coefficient (Wildman–Crippen LogP) is 3.14. The monoisotopic (exact) mass is 411 g/mol. The molecule has 1 aliphatic rings. The maximum atomic E-state index is 4.79. The minimum absolute atomic E-state index is 0.601. The van der Waals surface area contributed by atoms with E-state index in [1.165, 1.54) is 43.5 Å². The van der Waals surface area contributed by atoms with Gasteiger partial charge in [0.2, 0.25) is 0 Å². The molecule has 1 fully saturated rings. The van der Waals surface area contributed by atoms with Gasteiger partial charge in [-0.2, -0.15) is 0 Å². The fourth-order valence-electron chi connectivity index (χ4n) is 3.62. The minimum atomic E-state index is 0.601. The van der Waals surface area contributed by atoms with E-state index in [1.807, 2.05) is 18.5 Å². The highest BCUT2D eigenvalue weighted by Gasteiger charge is 2.10. The summed E-state index contributed by atoms with van der Waals surface area (Å²) in [5.74, 6) is 2.63. The first-order valence-corrected chi connectivity index (χ1v) is 11.3. The Hall–Kier alpha value is -2.41. The highest BCUT2D eigenvalue weighted by atomic mass is 15.3. The van der Waals surface area contributed by atoms with Crippen LogP contribution in [0.25, 0.3) is 0 Å². The smallest absolute Gasteiger partial charge is 0.191 e. The van der Waals surface area contributed by atoms with Gasteiger partial charge in [0.25, 0.3) is 0 Å². The Kier molecular flexibility index (Phi) is 8.68. The van der Waals surface area contributed by atoms with Crippen molar-refractivity contribution in [2.75, 3.05) is 19.6 Å². The molecule has 2 aromatic rings. The van der Waals surface area contributed by atoms with Crippen molar-refractivity contribution in [1.29, 1.82) is 0 Å². The van der Waals surface area contributed by atoms with Crippen LogP contribution in [0.2, 0.25) is 0 Å². The number of unbranched alkanes of at least 4 members (excludes halogenated alkanes) is 1. The summed E-state index contributed by atoms with van der Waals surface area (Å²) in [4.78, 5) is 7.35. The molecule has 0 spiro atoms. The minimum Gasteiger partial charge on any atom is -0.356 e. The van der Waals surface area contributed by atoms with E-state index in [0.29, 0.717) is 13.1 Å². The zero-order valence-corrected chi connectivity index (χ0v) is 18.8. The van der Waals surface area contributed by atoms with Crippen LogP contribution in [-0.4, -0.2) is 45.3 Å². The highest BCUT2D eigenvalue weighted by Crippen LogP contribution is 2.14. The lowest BCUT2D eigenvalue weighted by Gasteiger charge is -2.26. The molecule has 2 heterocycles. The van der Waals surface area contributed by atoms with E-state index in [4.69, 9.17) is 4.99 Å². The van der Waals surface area contributed by atoms with Gasteiger partial charge in [0, 0.05) is 20.1 Å². The van der Waals surface area contributed by atoms with Gasteiger partial charge in [0.15, 0.2) is 11.8 Å². The van der Waals surface area contributed by atoms with Gasteiger partial charge in [-0.3, -0.25) is 4.90 Å². The Labute approximate surface area is 181 Å². The first-order chi connectivity index (χ1) is 14.7. The lowest BCUT2D eigenvalue weighted by molar-refractivity contribution is 0.221. The molecule has 0 radical (unpaired) electrons. The van der Waals surface area contributed by atoms with Crippen LogP contribution in [0.5, 0.6) is 0 Å². The molecule has 1 aliphatic heterocycles. The first kappa shape index (κ1) is 22.3. The second kappa shape index (κ2) is 11.7. The van der Waals surface area contributed by atoms with Crippen LogP contribution < -0.4 is 10.6 Å². The number of nitrogens with one attached hydrogen (secondary N) is 2. The van der Waals surface area contributed by atoms with Crippen LogP contribution in [0.15, 0.2) is 29.3 Å². The Morgan fingerprint density at radius 2 is 1.77 bits per heavy atom. The van der Waals surface area contributed by atoms with E-state index in [-0.39, 0.29) is 0 Å². The number of guanidine groups is 1. The summed E-state index contributed by atoms with van der Waals surface area (Å²) in [5, 5.41) is 15.2. The van der Waals surface area contributed by atoms with Gasteiger partial charge in [-0.25, -0.2) is 4.99 Å². The lowest BCUT2D eigenvalue weighted by atomic mass is 10.1. The normalized spacial score (nSPS) is 15.4. The molecule has 0 unspecified atom stereocenters. The molecule has 0 atom stereocenters. The number of likely N-dealkylation sites (tertiary alicyclic amines) is 1. The molecule has 1 saturated heterocycles. The number of hydrogen-bond donors (Lipinski definition) is 2. The van der Waals surface area contributed by atoms with Gasteiger partial charge < -0.3 is 15.2 Å². The summed E-state index contributed by atoms with van der Waals surface area (Å²) >= 11 is 0. The number of aromatic nitrogens is 3. The van der Waals surface area contributed by atoms with Crippen molar-refractivity contribution in [2.45, 2.75) is 65.6 Å². The molecule has 0 aliphatic carbocycles. The zero-order valence-electron chi connectivity index (χ0n) is 18.8. The largest absolute Gasteiger partial charge is 0.356 e. The predicted molar refractivity (Wildman–Crippen MR) is 122 cm³/mol. The first-order valence-electron chi connectivity index (χ1n) is 11.3. The molecule has 0 bridgehead atoms. The average molecular weight is 412 g/mol. The van der Waals surface area contributed by atoms with E-state index < -0.39 is 0 Å². The van der Waals surface area contributed by atoms with E-state index in [1.54, 1.807) is 0 Å². The van der Waals surface area contributed by atoms with Crippen LogP contribution in [0.4, 0.5) is 0 Å². The molecule has 7 heteroatoms. The Morgan fingerprint density at radius 1 is 1.03 bits per heavy atom. The Bertz CT molecular complexity index is 788. The van der Waals surface area contributed by atoms with Crippen LogP contribution in [-0.2, 0) is 26.7 Å². The SMILES string of the molecule is CCCCNC(=NCc1ccc(CN2CCCCC2)cc1)NCc1nnc(C)n1C. The van der Waals surface area contributed by atoms with Crippen molar-refractivity contribution in [3.8, 4) is 0 Å². The quantitative estimate of drug-likeness (QED) is 0.377. The van der Waals surface area contributed by atoms with Gasteiger partial charge in [-0.05, 0) is 50.4 Å². The third-order valence-corrected chi connectivity index (χ3v) is 5.72. The number of benzene rings is 1. The molecule has 0 amide bonds. The third-order valence-electron chi connectivity index (χ3n) is 5.72. The van der Waals surface area contributed by atoms with Crippen molar-refractivity contribution in [3.63, 3.8) is 0 Å². The summed E-state index contributed by atoms with van der Waals surface area (Å²) in [7, 11) is 1.99. The second-order valence-electron chi connectivity index (χ2n) is 8.17. The van der Waals surface area contributed by atoms with E-state index in [0.717, 1.165) is 43.5 Å². The average Bonchev–Trinajstić information content (AvgIpc) is 3.09. The molecular formula is C23H37N7. The van der Waals surface area contributed by atoms with E-state index >= 15 is 0 Å². The van der Waals surface area contributed by atoms with Gasteiger partial charge in [-0.15, -0.1) is 10.2 Å². The van der Waals surface area contributed by atoms with Gasteiger partial charge in [-0.1, -0.05) is 44.0 Å². The molecule has 2 N–H and O–H groups in total. The summed E-state index contributed by atoms with van der Waals surface area (Å²) in [6, 6.07) is 8.91. The number of hydrogen-bond acceptors (Lipinski definition) is 4. The molecule has 7 nitrogen and oxygen atoms in total. The molecule has 3 rings (SSSR count). The van der Waals surface area contributed by atoms with Crippen molar-refractivity contribution < 1.29 is 0 Å². The highest BCUT2D eigenvalue weighted by molar-refractivity contribution is 5.79. The molecule has 164 valence electrons.